The van der Waals surface area contributed by atoms with E-state index in [2.05, 4.69) is 15.3 Å². The van der Waals surface area contributed by atoms with Crippen LogP contribution in [0.5, 0.6) is 0 Å². The number of carbonyl (C=O) groups is 1. The van der Waals surface area contributed by atoms with Crippen molar-refractivity contribution < 1.29 is 4.79 Å². The Morgan fingerprint density at radius 2 is 1.96 bits per heavy atom. The number of nitrogens with zero attached hydrogens (tertiary/aromatic N) is 3. The Kier molecular flexibility index (Phi) is 4.44. The van der Waals surface area contributed by atoms with E-state index in [9.17, 15) is 4.79 Å². The average molecular weight is 401 g/mol. The molecule has 1 N–H and O–H groups in total. The molecule has 2 unspecified atom stereocenters. The van der Waals surface area contributed by atoms with Gasteiger partial charge in [-0.3, -0.25) is 9.20 Å². The van der Waals surface area contributed by atoms with Crippen LogP contribution in [-0.4, -0.2) is 20.3 Å². The van der Waals surface area contributed by atoms with Crippen LogP contribution in [0.15, 0.2) is 59.4 Å². The molecule has 1 saturated carbocycles. The van der Waals surface area contributed by atoms with Gasteiger partial charge in [0.2, 0.25) is 11.7 Å². The van der Waals surface area contributed by atoms with E-state index < -0.39 is 0 Å². The molecule has 27 heavy (non-hydrogen) atoms. The number of rotatable bonds is 4. The maximum atomic E-state index is 13.0. The van der Waals surface area contributed by atoms with Gasteiger partial charge in [0.15, 0.2) is 0 Å². The number of amides is 1. The van der Waals surface area contributed by atoms with Crippen LogP contribution in [0.1, 0.15) is 13.8 Å². The third-order valence-corrected chi connectivity index (χ3v) is 5.44. The molecule has 1 fully saturated rings. The molecular formula is C20H18Cl2N4O. The first kappa shape index (κ1) is 18.0. The van der Waals surface area contributed by atoms with Gasteiger partial charge in [-0.25, -0.2) is 9.97 Å². The molecule has 2 atom stereocenters. The minimum absolute atomic E-state index is 0.0000131. The SMILES string of the molecule is CC1(C)C(C=C(Cl)Cl)C1C(=O)Nc1c(-c2ccccc2)nc2ncccn12. The van der Waals surface area contributed by atoms with Crippen LogP contribution in [0.3, 0.4) is 0 Å². The van der Waals surface area contributed by atoms with E-state index in [4.69, 9.17) is 23.2 Å². The van der Waals surface area contributed by atoms with Gasteiger partial charge in [0.05, 0.1) is 5.92 Å². The molecule has 1 amide bonds. The number of nitrogens with one attached hydrogen (secondary N) is 1. The molecule has 2 aromatic heterocycles. The fraction of sp³-hybridized carbons (Fsp3) is 0.250. The monoisotopic (exact) mass is 400 g/mol. The van der Waals surface area contributed by atoms with Crippen LogP contribution in [0.25, 0.3) is 17.0 Å². The number of hydrogen-bond acceptors (Lipinski definition) is 3. The Labute approximate surface area is 167 Å². The second-order valence-electron chi connectivity index (χ2n) is 7.24. The predicted octanol–water partition coefficient (Wildman–Crippen LogP) is 4.93. The van der Waals surface area contributed by atoms with E-state index in [0.717, 1.165) is 5.56 Å². The normalized spacial score (nSPS) is 20.3. The van der Waals surface area contributed by atoms with Crippen LogP contribution >= 0.6 is 23.2 Å². The highest BCUT2D eigenvalue weighted by Crippen LogP contribution is 2.60. The zero-order chi connectivity index (χ0) is 19.2. The van der Waals surface area contributed by atoms with Gasteiger partial charge in [-0.05, 0) is 23.5 Å². The van der Waals surface area contributed by atoms with Crippen molar-refractivity contribution >= 4 is 40.7 Å². The minimum Gasteiger partial charge on any atom is -0.310 e. The minimum atomic E-state index is -0.212. The molecular weight excluding hydrogens is 383 g/mol. The molecule has 1 aliphatic carbocycles. The summed E-state index contributed by atoms with van der Waals surface area (Å²) in [5.74, 6) is 0.841. The Morgan fingerprint density at radius 1 is 1.22 bits per heavy atom. The van der Waals surface area contributed by atoms with Crippen molar-refractivity contribution in [3.8, 4) is 11.3 Å². The van der Waals surface area contributed by atoms with Crippen molar-refractivity contribution in [2.24, 2.45) is 17.3 Å². The molecule has 0 radical (unpaired) electrons. The smallest absolute Gasteiger partial charge is 0.235 e. The number of carbonyl (C=O) groups excluding carboxylic acids is 1. The Balaban J connectivity index is 1.72. The third-order valence-electron chi connectivity index (χ3n) is 5.19. The van der Waals surface area contributed by atoms with Crippen LogP contribution < -0.4 is 5.32 Å². The quantitative estimate of drug-likeness (QED) is 0.675. The number of imidazole rings is 1. The van der Waals surface area contributed by atoms with Gasteiger partial charge in [0, 0.05) is 18.0 Å². The first-order valence-corrected chi connectivity index (χ1v) is 9.37. The molecule has 1 aliphatic rings. The van der Waals surface area contributed by atoms with Crippen molar-refractivity contribution in [2.75, 3.05) is 5.32 Å². The highest BCUT2D eigenvalue weighted by atomic mass is 35.5. The van der Waals surface area contributed by atoms with E-state index >= 15 is 0 Å². The molecule has 4 rings (SSSR count). The molecule has 138 valence electrons. The van der Waals surface area contributed by atoms with Crippen LogP contribution in [0.2, 0.25) is 0 Å². The summed E-state index contributed by atoms with van der Waals surface area (Å²) in [5.41, 5.74) is 1.39. The van der Waals surface area contributed by atoms with Crippen molar-refractivity contribution in [3.05, 3.63) is 59.4 Å². The third kappa shape index (κ3) is 3.22. The maximum Gasteiger partial charge on any atom is 0.235 e. The molecule has 0 spiro atoms. The predicted molar refractivity (Wildman–Crippen MR) is 108 cm³/mol. The molecule has 5 nitrogen and oxygen atoms in total. The van der Waals surface area contributed by atoms with Crippen LogP contribution in [0.4, 0.5) is 5.82 Å². The zero-order valence-corrected chi connectivity index (χ0v) is 16.4. The lowest BCUT2D eigenvalue weighted by molar-refractivity contribution is -0.118. The van der Waals surface area contributed by atoms with Crippen molar-refractivity contribution in [2.45, 2.75) is 13.8 Å². The highest BCUT2D eigenvalue weighted by Gasteiger charge is 2.60. The highest BCUT2D eigenvalue weighted by molar-refractivity contribution is 6.55. The van der Waals surface area contributed by atoms with E-state index in [1.165, 1.54) is 0 Å². The summed E-state index contributed by atoms with van der Waals surface area (Å²) in [6.07, 6.45) is 5.25. The fourth-order valence-electron chi connectivity index (χ4n) is 3.62. The second kappa shape index (κ2) is 6.66. The number of benzene rings is 1. The van der Waals surface area contributed by atoms with E-state index in [-0.39, 0.29) is 27.6 Å². The number of anilines is 1. The molecule has 0 saturated heterocycles. The molecule has 1 aromatic carbocycles. The van der Waals surface area contributed by atoms with E-state index in [0.29, 0.717) is 17.3 Å². The number of aromatic nitrogens is 3. The van der Waals surface area contributed by atoms with Crippen molar-refractivity contribution in [3.63, 3.8) is 0 Å². The standard InChI is InChI=1S/C20H18Cl2N4O/c1-20(2)13(11-14(21)22)15(20)18(27)25-17-16(12-7-4-3-5-8-12)24-19-23-9-6-10-26(17)19/h3-11,13,15H,1-2H3,(H,25,27). The lowest BCUT2D eigenvalue weighted by Gasteiger charge is -2.08. The lowest BCUT2D eigenvalue weighted by Crippen LogP contribution is -2.18. The molecule has 2 heterocycles. The van der Waals surface area contributed by atoms with E-state index in [1.807, 2.05) is 50.4 Å². The van der Waals surface area contributed by atoms with Gasteiger partial charge in [0.25, 0.3) is 0 Å². The van der Waals surface area contributed by atoms with Gasteiger partial charge in [-0.15, -0.1) is 0 Å². The van der Waals surface area contributed by atoms with Gasteiger partial charge in [-0.1, -0.05) is 67.4 Å². The second-order valence-corrected chi connectivity index (χ2v) is 8.24. The number of hydrogen-bond donors (Lipinski definition) is 1. The zero-order valence-electron chi connectivity index (χ0n) is 14.9. The Morgan fingerprint density at radius 3 is 2.67 bits per heavy atom. The fourth-order valence-corrected chi connectivity index (χ4v) is 3.90. The summed E-state index contributed by atoms with van der Waals surface area (Å²) in [5, 5.41) is 3.06. The summed E-state index contributed by atoms with van der Waals surface area (Å²) in [4.78, 5) is 21.9. The first-order valence-electron chi connectivity index (χ1n) is 8.62. The number of fused-ring (bicyclic) bond motifs is 1. The molecule has 7 heteroatoms. The first-order chi connectivity index (χ1) is 12.9. The summed E-state index contributed by atoms with van der Waals surface area (Å²) < 4.78 is 1.97. The molecule has 3 aromatic rings. The Hall–Kier alpha value is -2.37. The van der Waals surface area contributed by atoms with Crippen LogP contribution in [0, 0.1) is 17.3 Å². The molecule has 0 bridgehead atoms. The lowest BCUT2D eigenvalue weighted by atomic mass is 10.1. The van der Waals surface area contributed by atoms with Gasteiger partial charge >= 0.3 is 0 Å². The van der Waals surface area contributed by atoms with Gasteiger partial charge in [-0.2, -0.15) is 0 Å². The number of halogens is 2. The summed E-state index contributed by atoms with van der Waals surface area (Å²) in [6, 6.07) is 11.5. The summed E-state index contributed by atoms with van der Waals surface area (Å²) >= 11 is 11.6. The van der Waals surface area contributed by atoms with E-state index in [1.54, 1.807) is 22.7 Å². The average Bonchev–Trinajstić information content (AvgIpc) is 2.99. The largest absolute Gasteiger partial charge is 0.310 e. The summed E-state index contributed by atoms with van der Waals surface area (Å²) in [6.45, 7) is 4.06. The maximum absolute atomic E-state index is 13.0. The van der Waals surface area contributed by atoms with Crippen LogP contribution in [-0.2, 0) is 4.79 Å². The number of allylic oxidation sites excluding steroid dienone is 1. The topological polar surface area (TPSA) is 59.3 Å². The van der Waals surface area contributed by atoms with Crippen molar-refractivity contribution in [1.82, 2.24) is 14.4 Å². The summed E-state index contributed by atoms with van der Waals surface area (Å²) in [7, 11) is 0. The van der Waals surface area contributed by atoms with Gasteiger partial charge < -0.3 is 5.32 Å². The van der Waals surface area contributed by atoms with Crippen molar-refractivity contribution in [1.29, 1.82) is 0 Å². The van der Waals surface area contributed by atoms with Gasteiger partial charge in [0.1, 0.15) is 16.0 Å². The Bertz CT molecular complexity index is 1040. The molecule has 0 aliphatic heterocycles.